The molecule has 0 rings (SSSR count). The van der Waals surface area contributed by atoms with Crippen LogP contribution in [0, 0.1) is 0 Å². The lowest BCUT2D eigenvalue weighted by Crippen LogP contribution is -2.19. The van der Waals surface area contributed by atoms with E-state index in [0.29, 0.717) is 6.61 Å². The van der Waals surface area contributed by atoms with E-state index in [1.807, 2.05) is 0 Å². The molecule has 78 valence electrons. The van der Waals surface area contributed by atoms with E-state index in [2.05, 4.69) is 6.58 Å². The van der Waals surface area contributed by atoms with Crippen molar-refractivity contribution in [3.8, 4) is 0 Å². The summed E-state index contributed by atoms with van der Waals surface area (Å²) in [6.07, 6.45) is 1.06. The standard InChI is InChI=1S/C7H14O5S/c1-3-11-6-7(2)12-4-5-13(8,9)10/h3,7H,1,4-6H2,2H3,(H,8,9,10). The summed E-state index contributed by atoms with van der Waals surface area (Å²) in [5.41, 5.74) is 0. The van der Waals surface area contributed by atoms with Crippen molar-refractivity contribution in [1.82, 2.24) is 0 Å². The molecule has 0 aliphatic carbocycles. The Hall–Kier alpha value is -0.590. The highest BCUT2D eigenvalue weighted by molar-refractivity contribution is 7.85. The fourth-order valence-corrected chi connectivity index (χ4v) is 0.913. The fourth-order valence-electron chi connectivity index (χ4n) is 0.606. The van der Waals surface area contributed by atoms with E-state index in [4.69, 9.17) is 14.0 Å². The van der Waals surface area contributed by atoms with Crippen LogP contribution in [0.1, 0.15) is 6.92 Å². The fraction of sp³-hybridized carbons (Fsp3) is 0.714. The van der Waals surface area contributed by atoms with Crippen molar-refractivity contribution in [1.29, 1.82) is 0 Å². The molecule has 0 aliphatic rings. The minimum atomic E-state index is -3.93. The molecule has 0 saturated carbocycles. The molecule has 0 aromatic carbocycles. The minimum Gasteiger partial charge on any atom is -0.499 e. The Morgan fingerprint density at radius 2 is 2.23 bits per heavy atom. The van der Waals surface area contributed by atoms with Crippen molar-refractivity contribution < 1.29 is 22.4 Å². The van der Waals surface area contributed by atoms with Crippen molar-refractivity contribution in [3.05, 3.63) is 12.8 Å². The van der Waals surface area contributed by atoms with Gasteiger partial charge in [0.25, 0.3) is 10.1 Å². The van der Waals surface area contributed by atoms with Crippen LogP contribution < -0.4 is 0 Å². The van der Waals surface area contributed by atoms with Crippen molar-refractivity contribution in [2.24, 2.45) is 0 Å². The van der Waals surface area contributed by atoms with E-state index in [9.17, 15) is 8.42 Å². The summed E-state index contributed by atoms with van der Waals surface area (Å²) in [4.78, 5) is 0. The molecule has 1 N–H and O–H groups in total. The molecular formula is C7H14O5S. The molecular weight excluding hydrogens is 196 g/mol. The maximum absolute atomic E-state index is 10.3. The quantitative estimate of drug-likeness (QED) is 0.487. The highest BCUT2D eigenvalue weighted by Crippen LogP contribution is 1.93. The molecule has 0 fully saturated rings. The SMILES string of the molecule is C=COCC(C)OCCS(=O)(=O)O. The molecule has 0 radical (unpaired) electrons. The largest absolute Gasteiger partial charge is 0.499 e. The molecule has 13 heavy (non-hydrogen) atoms. The smallest absolute Gasteiger partial charge is 0.267 e. The third-order valence-corrected chi connectivity index (χ3v) is 1.88. The van der Waals surface area contributed by atoms with Gasteiger partial charge in [0.05, 0.1) is 24.7 Å². The third kappa shape index (κ3) is 9.32. The van der Waals surface area contributed by atoms with Crippen LogP contribution in [0.4, 0.5) is 0 Å². The van der Waals surface area contributed by atoms with Gasteiger partial charge in [0.15, 0.2) is 0 Å². The maximum Gasteiger partial charge on any atom is 0.267 e. The first-order chi connectivity index (χ1) is 5.95. The lowest BCUT2D eigenvalue weighted by molar-refractivity contribution is 0.0276. The van der Waals surface area contributed by atoms with Gasteiger partial charge in [-0.25, -0.2) is 0 Å². The predicted octanol–water partition coefficient (Wildman–Crippen LogP) is 0.439. The number of rotatable bonds is 7. The van der Waals surface area contributed by atoms with Gasteiger partial charge < -0.3 is 9.47 Å². The Labute approximate surface area is 78.1 Å². The molecule has 0 spiro atoms. The van der Waals surface area contributed by atoms with Gasteiger partial charge in [-0.15, -0.1) is 0 Å². The number of hydrogen-bond donors (Lipinski definition) is 1. The predicted molar refractivity (Wildman–Crippen MR) is 48.0 cm³/mol. The first-order valence-corrected chi connectivity index (χ1v) is 5.36. The van der Waals surface area contributed by atoms with Crippen LogP contribution in [0.3, 0.4) is 0 Å². The second-order valence-electron chi connectivity index (χ2n) is 2.47. The normalized spacial score (nSPS) is 13.7. The molecule has 6 heteroatoms. The third-order valence-electron chi connectivity index (χ3n) is 1.19. The number of ether oxygens (including phenoxy) is 2. The number of hydrogen-bond acceptors (Lipinski definition) is 4. The van der Waals surface area contributed by atoms with Crippen molar-refractivity contribution >= 4 is 10.1 Å². The Kier molecular flexibility index (Phi) is 5.68. The molecule has 5 nitrogen and oxygen atoms in total. The summed E-state index contributed by atoms with van der Waals surface area (Å²) in [5, 5.41) is 0. The van der Waals surface area contributed by atoms with E-state index < -0.39 is 15.9 Å². The Morgan fingerprint density at radius 3 is 2.69 bits per heavy atom. The van der Waals surface area contributed by atoms with Gasteiger partial charge >= 0.3 is 0 Å². The van der Waals surface area contributed by atoms with Crippen LogP contribution in [0.25, 0.3) is 0 Å². The van der Waals surface area contributed by atoms with Crippen LogP contribution in [0.2, 0.25) is 0 Å². The molecule has 0 bridgehead atoms. The van der Waals surface area contributed by atoms with Crippen LogP contribution in [0.15, 0.2) is 12.8 Å². The lowest BCUT2D eigenvalue weighted by Gasteiger charge is -2.11. The highest BCUT2D eigenvalue weighted by Gasteiger charge is 2.06. The van der Waals surface area contributed by atoms with Crippen LogP contribution >= 0.6 is 0 Å². The van der Waals surface area contributed by atoms with E-state index in [0.717, 1.165) is 0 Å². The summed E-state index contributed by atoms with van der Waals surface area (Å²) in [6, 6.07) is 0. The summed E-state index contributed by atoms with van der Waals surface area (Å²) in [7, 11) is -3.93. The molecule has 0 saturated heterocycles. The minimum absolute atomic E-state index is 0.0412. The molecule has 0 heterocycles. The van der Waals surface area contributed by atoms with Gasteiger partial charge in [-0.05, 0) is 6.92 Å². The maximum atomic E-state index is 10.3. The highest BCUT2D eigenvalue weighted by atomic mass is 32.2. The zero-order valence-corrected chi connectivity index (χ0v) is 8.29. The first-order valence-electron chi connectivity index (χ1n) is 3.75. The summed E-state index contributed by atoms with van der Waals surface area (Å²) < 4.78 is 38.7. The van der Waals surface area contributed by atoms with Gasteiger partial charge in [-0.3, -0.25) is 4.55 Å². The van der Waals surface area contributed by atoms with E-state index in [1.54, 1.807) is 6.92 Å². The molecule has 1 unspecified atom stereocenters. The summed E-state index contributed by atoms with van der Waals surface area (Å²) >= 11 is 0. The van der Waals surface area contributed by atoms with Crippen molar-refractivity contribution in [2.75, 3.05) is 19.0 Å². The summed E-state index contributed by atoms with van der Waals surface area (Å²) in [5.74, 6) is -0.397. The Balaban J connectivity index is 3.47. The van der Waals surface area contributed by atoms with Crippen LogP contribution in [-0.4, -0.2) is 38.0 Å². The van der Waals surface area contributed by atoms with Crippen LogP contribution in [-0.2, 0) is 19.6 Å². The van der Waals surface area contributed by atoms with Gasteiger partial charge in [0.1, 0.15) is 6.61 Å². The van der Waals surface area contributed by atoms with E-state index >= 15 is 0 Å². The van der Waals surface area contributed by atoms with E-state index in [-0.39, 0.29) is 12.7 Å². The van der Waals surface area contributed by atoms with Gasteiger partial charge in [0.2, 0.25) is 0 Å². The Bertz CT molecular complexity index is 233. The average molecular weight is 210 g/mol. The van der Waals surface area contributed by atoms with Gasteiger partial charge in [-0.1, -0.05) is 6.58 Å². The van der Waals surface area contributed by atoms with Gasteiger partial charge in [-0.2, -0.15) is 8.42 Å². The van der Waals surface area contributed by atoms with Crippen LogP contribution in [0.5, 0.6) is 0 Å². The Morgan fingerprint density at radius 1 is 1.62 bits per heavy atom. The molecule has 0 aromatic rings. The zero-order chi connectivity index (χ0) is 10.3. The van der Waals surface area contributed by atoms with Crippen molar-refractivity contribution in [2.45, 2.75) is 13.0 Å². The monoisotopic (exact) mass is 210 g/mol. The lowest BCUT2D eigenvalue weighted by atomic mass is 10.4. The first kappa shape index (κ1) is 12.4. The molecule has 1 atom stereocenters. The van der Waals surface area contributed by atoms with Crippen molar-refractivity contribution in [3.63, 3.8) is 0 Å². The summed E-state index contributed by atoms with van der Waals surface area (Å²) in [6.45, 7) is 5.34. The van der Waals surface area contributed by atoms with E-state index in [1.165, 1.54) is 6.26 Å². The second kappa shape index (κ2) is 5.95. The van der Waals surface area contributed by atoms with Gasteiger partial charge in [0, 0.05) is 0 Å². The molecule has 0 aliphatic heterocycles. The average Bonchev–Trinajstić information content (AvgIpc) is 1.98. The molecule has 0 amide bonds. The topological polar surface area (TPSA) is 72.8 Å². The second-order valence-corrected chi connectivity index (χ2v) is 4.04. The zero-order valence-electron chi connectivity index (χ0n) is 7.47. The molecule has 0 aromatic heterocycles.